The standard InChI is InChI=1S/C28H33Br2N5O4/c1-28(2,3)39-27(38)33-26-32-22-7-5-4-6-17(22)16-35(26)19-10-12-34(13-11-19)24(37)9-8-23(36)18-14-20(29)25(31)21(30)15-18/h4-7,14-15,19H,8-13,16,31H2,1-3H3,(H,32,33,38). The second-order valence-electron chi connectivity index (χ2n) is 10.7. The van der Waals surface area contributed by atoms with Gasteiger partial charge in [-0.3, -0.25) is 14.9 Å². The number of piperidine rings is 1. The van der Waals surface area contributed by atoms with E-state index in [9.17, 15) is 14.4 Å². The highest BCUT2D eigenvalue weighted by atomic mass is 79.9. The predicted molar refractivity (Wildman–Crippen MR) is 158 cm³/mol. The van der Waals surface area contributed by atoms with Gasteiger partial charge in [0.2, 0.25) is 11.9 Å². The molecule has 2 amide bonds. The van der Waals surface area contributed by atoms with Gasteiger partial charge in [0.1, 0.15) is 5.60 Å². The summed E-state index contributed by atoms with van der Waals surface area (Å²) < 4.78 is 6.73. The minimum atomic E-state index is -0.629. The zero-order valence-electron chi connectivity index (χ0n) is 22.3. The first-order valence-electron chi connectivity index (χ1n) is 12.9. The fraction of sp³-hybridized carbons (Fsp3) is 0.429. The number of hydrogen-bond acceptors (Lipinski definition) is 7. The Morgan fingerprint density at radius 2 is 1.72 bits per heavy atom. The molecule has 2 aromatic carbocycles. The number of hydrogen-bond donors (Lipinski definition) is 2. The zero-order chi connectivity index (χ0) is 28.3. The smallest absolute Gasteiger partial charge is 0.414 e. The summed E-state index contributed by atoms with van der Waals surface area (Å²) in [5, 5.41) is 2.84. The number of anilines is 1. The van der Waals surface area contributed by atoms with Gasteiger partial charge in [0.05, 0.1) is 11.4 Å². The van der Waals surface area contributed by atoms with E-state index in [-0.39, 0.29) is 30.6 Å². The molecule has 1 saturated heterocycles. The molecule has 0 aliphatic carbocycles. The molecule has 11 heteroatoms. The van der Waals surface area contributed by atoms with Crippen LogP contribution in [0.1, 0.15) is 62.4 Å². The van der Waals surface area contributed by atoms with Crippen molar-refractivity contribution in [3.63, 3.8) is 0 Å². The highest BCUT2D eigenvalue weighted by Crippen LogP contribution is 2.31. The largest absolute Gasteiger partial charge is 0.444 e. The van der Waals surface area contributed by atoms with E-state index in [0.29, 0.717) is 58.6 Å². The Morgan fingerprint density at radius 3 is 2.36 bits per heavy atom. The Morgan fingerprint density at radius 1 is 1.08 bits per heavy atom. The summed E-state index contributed by atoms with van der Waals surface area (Å²) >= 11 is 6.72. The zero-order valence-corrected chi connectivity index (χ0v) is 25.5. The molecule has 4 rings (SSSR count). The van der Waals surface area contributed by atoms with E-state index in [1.807, 2.05) is 49.9 Å². The molecule has 0 bridgehead atoms. The van der Waals surface area contributed by atoms with Gasteiger partial charge in [0.25, 0.3) is 0 Å². The minimum absolute atomic E-state index is 0.0415. The fourth-order valence-electron chi connectivity index (χ4n) is 4.68. The van der Waals surface area contributed by atoms with Crippen LogP contribution in [0.3, 0.4) is 0 Å². The first kappa shape index (κ1) is 29.1. The van der Waals surface area contributed by atoms with Crippen LogP contribution in [-0.2, 0) is 16.1 Å². The Kier molecular flexibility index (Phi) is 9.00. The first-order valence-corrected chi connectivity index (χ1v) is 14.5. The Bertz CT molecular complexity index is 1280. The number of para-hydroxylation sites is 1. The lowest BCUT2D eigenvalue weighted by Crippen LogP contribution is -2.54. The monoisotopic (exact) mass is 661 g/mol. The molecule has 9 nitrogen and oxygen atoms in total. The second-order valence-corrected chi connectivity index (χ2v) is 12.4. The Balaban J connectivity index is 1.36. The number of nitrogen functional groups attached to an aromatic ring is 1. The van der Waals surface area contributed by atoms with Crippen molar-refractivity contribution in [1.29, 1.82) is 0 Å². The molecule has 2 aliphatic rings. The molecule has 3 N–H and O–H groups in total. The highest BCUT2D eigenvalue weighted by Gasteiger charge is 2.32. The van der Waals surface area contributed by atoms with E-state index in [1.165, 1.54) is 0 Å². The fourth-order valence-corrected chi connectivity index (χ4v) is 5.87. The number of guanidine groups is 1. The minimum Gasteiger partial charge on any atom is -0.444 e. The van der Waals surface area contributed by atoms with E-state index in [1.54, 1.807) is 12.1 Å². The van der Waals surface area contributed by atoms with Gasteiger partial charge in [-0.25, -0.2) is 9.79 Å². The number of carbonyl (C=O) groups excluding carboxylic acids is 3. The third-order valence-electron chi connectivity index (χ3n) is 6.67. The van der Waals surface area contributed by atoms with Crippen molar-refractivity contribution in [2.24, 2.45) is 4.99 Å². The predicted octanol–water partition coefficient (Wildman–Crippen LogP) is 5.78. The van der Waals surface area contributed by atoms with Crippen molar-refractivity contribution in [3.05, 3.63) is 56.5 Å². The number of likely N-dealkylation sites (tertiary alicyclic amines) is 1. The topological polar surface area (TPSA) is 117 Å². The molecule has 2 aromatic rings. The summed E-state index contributed by atoms with van der Waals surface area (Å²) in [5.41, 5.74) is 8.20. The third-order valence-corrected chi connectivity index (χ3v) is 7.98. The number of fused-ring (bicyclic) bond motifs is 1. The van der Waals surface area contributed by atoms with Crippen molar-refractivity contribution >= 4 is 67.0 Å². The average Bonchev–Trinajstić information content (AvgIpc) is 2.88. The van der Waals surface area contributed by atoms with Crippen molar-refractivity contribution < 1.29 is 19.1 Å². The van der Waals surface area contributed by atoms with Crippen LogP contribution in [0.15, 0.2) is 50.3 Å². The molecular weight excluding hydrogens is 630 g/mol. The number of benzene rings is 2. The van der Waals surface area contributed by atoms with E-state index in [2.05, 4.69) is 42.1 Å². The van der Waals surface area contributed by atoms with Gasteiger partial charge in [0.15, 0.2) is 5.78 Å². The number of aliphatic imine (C=N–C) groups is 1. The summed E-state index contributed by atoms with van der Waals surface area (Å²) in [6, 6.07) is 11.3. The van der Waals surface area contributed by atoms with Crippen molar-refractivity contribution in [1.82, 2.24) is 15.1 Å². The van der Waals surface area contributed by atoms with Gasteiger partial charge in [-0.2, -0.15) is 0 Å². The number of halogens is 2. The van der Waals surface area contributed by atoms with Crippen LogP contribution in [-0.4, -0.2) is 58.3 Å². The summed E-state index contributed by atoms with van der Waals surface area (Å²) in [6.07, 6.45) is 1.15. The Labute approximate surface area is 245 Å². The molecule has 2 aliphatic heterocycles. The van der Waals surface area contributed by atoms with Crippen LogP contribution in [0, 0.1) is 0 Å². The van der Waals surface area contributed by atoms with E-state index in [0.717, 1.165) is 11.3 Å². The molecule has 0 radical (unpaired) electrons. The number of nitrogens with zero attached hydrogens (tertiary/aromatic N) is 3. The van der Waals surface area contributed by atoms with E-state index in [4.69, 9.17) is 15.5 Å². The van der Waals surface area contributed by atoms with Crippen molar-refractivity contribution in [3.8, 4) is 0 Å². The van der Waals surface area contributed by atoms with Gasteiger partial charge >= 0.3 is 6.09 Å². The maximum absolute atomic E-state index is 12.9. The third kappa shape index (κ3) is 7.39. The van der Waals surface area contributed by atoms with Gasteiger partial charge in [-0.15, -0.1) is 0 Å². The number of alkyl carbamates (subject to hydrolysis) is 1. The van der Waals surface area contributed by atoms with Crippen LogP contribution in [0.2, 0.25) is 0 Å². The second kappa shape index (κ2) is 12.1. The van der Waals surface area contributed by atoms with Crippen LogP contribution in [0.25, 0.3) is 0 Å². The van der Waals surface area contributed by atoms with Crippen LogP contribution < -0.4 is 11.1 Å². The van der Waals surface area contributed by atoms with E-state index < -0.39 is 11.7 Å². The quantitative estimate of drug-likeness (QED) is 0.310. The molecule has 39 heavy (non-hydrogen) atoms. The molecule has 0 aromatic heterocycles. The molecule has 208 valence electrons. The van der Waals surface area contributed by atoms with Gasteiger partial charge in [-0.1, -0.05) is 18.2 Å². The highest BCUT2D eigenvalue weighted by molar-refractivity contribution is 9.11. The average molecular weight is 663 g/mol. The summed E-state index contributed by atoms with van der Waals surface area (Å²) in [6.45, 7) is 7.18. The number of rotatable bonds is 5. The van der Waals surface area contributed by atoms with Gasteiger partial charge in [0, 0.05) is 53.0 Å². The molecular formula is C28H33Br2N5O4. The van der Waals surface area contributed by atoms with E-state index >= 15 is 0 Å². The summed E-state index contributed by atoms with van der Waals surface area (Å²) in [5.74, 6) is 0.306. The lowest BCUT2D eigenvalue weighted by atomic mass is 10.00. The number of carbonyl (C=O) groups is 3. The number of nitrogens with two attached hydrogens (primary N) is 1. The molecule has 1 fully saturated rings. The van der Waals surface area contributed by atoms with Crippen LogP contribution in [0.4, 0.5) is 16.2 Å². The molecule has 0 atom stereocenters. The first-order chi connectivity index (χ1) is 18.4. The van der Waals surface area contributed by atoms with Crippen LogP contribution >= 0.6 is 31.9 Å². The molecule has 2 heterocycles. The lowest BCUT2D eigenvalue weighted by molar-refractivity contribution is -0.132. The molecule has 0 unspecified atom stereocenters. The number of nitrogens with one attached hydrogen (secondary N) is 1. The SMILES string of the molecule is CC(C)(C)OC(=O)NC1=Nc2ccccc2CN1C1CCN(C(=O)CCC(=O)c2cc(Br)c(N)c(Br)c2)CC1. The maximum atomic E-state index is 12.9. The maximum Gasteiger partial charge on any atom is 0.414 e. The normalized spacial score (nSPS) is 15.9. The lowest BCUT2D eigenvalue weighted by Gasteiger charge is -2.41. The Hall–Kier alpha value is -2.92. The van der Waals surface area contributed by atoms with Gasteiger partial charge < -0.3 is 20.3 Å². The molecule has 0 spiro atoms. The van der Waals surface area contributed by atoms with Crippen molar-refractivity contribution in [2.45, 2.75) is 64.6 Å². The number of ketones is 1. The number of ether oxygens (including phenoxy) is 1. The molecule has 0 saturated carbocycles. The summed E-state index contributed by atoms with van der Waals surface area (Å²) in [7, 11) is 0. The summed E-state index contributed by atoms with van der Waals surface area (Å²) in [4.78, 5) is 46.8. The van der Waals surface area contributed by atoms with Gasteiger partial charge in [-0.05, 0) is 89.2 Å². The number of amides is 2. The number of Topliss-reactive ketones (excluding diaryl/α,β-unsaturated/α-hetero) is 1. The van der Waals surface area contributed by atoms with Crippen molar-refractivity contribution in [2.75, 3.05) is 18.8 Å². The van der Waals surface area contributed by atoms with Crippen LogP contribution in [0.5, 0.6) is 0 Å².